The average molecular weight is 491 g/mol. The molecule has 4 heteroatoms. The van der Waals surface area contributed by atoms with Gasteiger partial charge in [-0.3, -0.25) is 0 Å². The van der Waals surface area contributed by atoms with Gasteiger partial charge in [0.2, 0.25) is 0 Å². The highest BCUT2D eigenvalue weighted by atomic mass is 16.4. The van der Waals surface area contributed by atoms with E-state index in [0.717, 1.165) is 40.7 Å². The van der Waals surface area contributed by atoms with Gasteiger partial charge in [-0.15, -0.1) is 0 Å². The van der Waals surface area contributed by atoms with E-state index >= 15 is 0 Å². The zero-order valence-electron chi connectivity index (χ0n) is 20.9. The molecule has 4 nitrogen and oxygen atoms in total. The van der Waals surface area contributed by atoms with Gasteiger partial charge in [0.05, 0.1) is 11.1 Å². The van der Waals surface area contributed by atoms with E-state index in [1.165, 1.54) is 24.8 Å². The van der Waals surface area contributed by atoms with Crippen molar-refractivity contribution in [3.63, 3.8) is 0 Å². The number of carboxylic acid groups (broad SMARTS) is 2. The highest BCUT2D eigenvalue weighted by Crippen LogP contribution is 2.49. The lowest BCUT2D eigenvalue weighted by molar-refractivity contribution is 0.0686. The Morgan fingerprint density at radius 2 is 1.16 bits per heavy atom. The molecule has 1 saturated carbocycles. The number of hydrogen-bond donors (Lipinski definition) is 2. The standard InChI is InChI=1S/C33H30O4/c1-21-20-28(22-12-4-2-5-13-22)30(23-14-6-3-7-15-23)31(25-17-9-11-19-27(25)33(36)37)29(21)24-16-8-10-18-26(24)32(34)35/h3,6-11,14-20,22H,2,4-5,12-13H2,1H3,(H,34,35)(H,36,37). The Balaban J connectivity index is 1.97. The predicted molar refractivity (Wildman–Crippen MR) is 147 cm³/mol. The van der Waals surface area contributed by atoms with Crippen LogP contribution in [0.15, 0.2) is 84.9 Å². The molecule has 0 unspecified atom stereocenters. The number of aryl methyl sites for hydroxylation is 1. The predicted octanol–water partition coefficient (Wildman–Crippen LogP) is 8.44. The number of rotatable bonds is 6. The summed E-state index contributed by atoms with van der Waals surface area (Å²) in [4.78, 5) is 24.7. The van der Waals surface area contributed by atoms with Crippen molar-refractivity contribution in [1.82, 2.24) is 0 Å². The van der Waals surface area contributed by atoms with Gasteiger partial charge >= 0.3 is 11.9 Å². The second-order valence-corrected chi connectivity index (χ2v) is 9.81. The third-order valence-electron chi connectivity index (χ3n) is 7.52. The van der Waals surface area contributed by atoms with E-state index in [2.05, 4.69) is 18.2 Å². The summed E-state index contributed by atoms with van der Waals surface area (Å²) >= 11 is 0. The minimum absolute atomic E-state index is 0.198. The molecule has 1 aliphatic rings. The Kier molecular flexibility index (Phi) is 6.91. The fraction of sp³-hybridized carbons (Fsp3) is 0.212. The first-order chi connectivity index (χ1) is 18.0. The Hall–Kier alpha value is -4.18. The normalized spacial score (nSPS) is 13.9. The summed E-state index contributed by atoms with van der Waals surface area (Å²) in [5, 5.41) is 20.3. The fourth-order valence-electron chi connectivity index (χ4n) is 5.89. The van der Waals surface area contributed by atoms with Crippen molar-refractivity contribution in [2.45, 2.75) is 44.9 Å². The van der Waals surface area contributed by atoms with Gasteiger partial charge < -0.3 is 10.2 Å². The van der Waals surface area contributed by atoms with Gasteiger partial charge in [-0.2, -0.15) is 0 Å². The lowest BCUT2D eigenvalue weighted by atomic mass is 9.74. The lowest BCUT2D eigenvalue weighted by Gasteiger charge is -2.29. The molecular formula is C33H30O4. The molecule has 0 amide bonds. The smallest absolute Gasteiger partial charge is 0.336 e. The molecule has 1 fully saturated rings. The molecule has 0 aliphatic heterocycles. The molecule has 0 aromatic heterocycles. The Labute approximate surface area is 217 Å². The number of carbonyl (C=O) groups is 2. The molecule has 186 valence electrons. The van der Waals surface area contributed by atoms with E-state index in [9.17, 15) is 19.8 Å². The average Bonchev–Trinajstić information content (AvgIpc) is 2.93. The molecule has 0 radical (unpaired) electrons. The van der Waals surface area contributed by atoms with Crippen LogP contribution in [0.25, 0.3) is 33.4 Å². The lowest BCUT2D eigenvalue weighted by Crippen LogP contribution is -2.10. The van der Waals surface area contributed by atoms with Crippen LogP contribution in [0.2, 0.25) is 0 Å². The molecule has 1 aliphatic carbocycles. The molecule has 0 spiro atoms. The molecular weight excluding hydrogens is 460 g/mol. The summed E-state index contributed by atoms with van der Waals surface area (Å²) in [6, 6.07) is 26.4. The molecule has 0 heterocycles. The monoisotopic (exact) mass is 490 g/mol. The molecule has 2 N–H and O–H groups in total. The second-order valence-electron chi connectivity index (χ2n) is 9.81. The van der Waals surface area contributed by atoms with Crippen LogP contribution in [-0.4, -0.2) is 22.2 Å². The molecule has 4 aromatic carbocycles. The van der Waals surface area contributed by atoms with Gasteiger partial charge in [-0.25, -0.2) is 9.59 Å². The summed E-state index contributed by atoms with van der Waals surface area (Å²) in [5.74, 6) is -1.65. The number of benzene rings is 4. The van der Waals surface area contributed by atoms with Crippen molar-refractivity contribution < 1.29 is 19.8 Å². The Bertz CT molecular complexity index is 1460. The summed E-state index contributed by atoms with van der Waals surface area (Å²) in [5.41, 5.74) is 7.33. The van der Waals surface area contributed by atoms with Crippen LogP contribution in [0.4, 0.5) is 0 Å². The zero-order valence-corrected chi connectivity index (χ0v) is 20.9. The number of carboxylic acids is 2. The third kappa shape index (κ3) is 4.67. The van der Waals surface area contributed by atoms with Gasteiger partial charge in [0.25, 0.3) is 0 Å². The van der Waals surface area contributed by atoms with Crippen molar-refractivity contribution in [1.29, 1.82) is 0 Å². The highest BCUT2D eigenvalue weighted by molar-refractivity contribution is 6.07. The van der Waals surface area contributed by atoms with Crippen molar-refractivity contribution in [3.8, 4) is 33.4 Å². The quantitative estimate of drug-likeness (QED) is 0.284. The summed E-state index contributed by atoms with van der Waals surface area (Å²) < 4.78 is 0. The summed E-state index contributed by atoms with van der Waals surface area (Å²) in [6.07, 6.45) is 5.74. The fourth-order valence-corrected chi connectivity index (χ4v) is 5.89. The minimum Gasteiger partial charge on any atom is -0.478 e. The van der Waals surface area contributed by atoms with Crippen molar-refractivity contribution in [2.24, 2.45) is 0 Å². The van der Waals surface area contributed by atoms with Gasteiger partial charge in [-0.1, -0.05) is 92.1 Å². The van der Waals surface area contributed by atoms with E-state index in [1.807, 2.05) is 49.4 Å². The third-order valence-corrected chi connectivity index (χ3v) is 7.52. The van der Waals surface area contributed by atoms with E-state index in [0.29, 0.717) is 17.0 Å². The zero-order chi connectivity index (χ0) is 25.9. The SMILES string of the molecule is Cc1cc(C2CCCCC2)c(-c2ccccc2)c(-c2ccccc2C(=O)O)c1-c1ccccc1C(=O)O. The van der Waals surface area contributed by atoms with Crippen LogP contribution in [-0.2, 0) is 0 Å². The molecule has 4 aromatic rings. The first-order valence-corrected chi connectivity index (χ1v) is 12.9. The Morgan fingerprint density at radius 3 is 1.73 bits per heavy atom. The summed E-state index contributed by atoms with van der Waals surface area (Å²) in [7, 11) is 0. The van der Waals surface area contributed by atoms with Gasteiger partial charge in [0.15, 0.2) is 0 Å². The largest absolute Gasteiger partial charge is 0.478 e. The molecule has 37 heavy (non-hydrogen) atoms. The topological polar surface area (TPSA) is 74.6 Å². The molecule has 0 atom stereocenters. The highest BCUT2D eigenvalue weighted by Gasteiger charge is 2.28. The van der Waals surface area contributed by atoms with Crippen LogP contribution < -0.4 is 0 Å². The molecule has 5 rings (SSSR count). The van der Waals surface area contributed by atoms with Crippen molar-refractivity contribution in [2.75, 3.05) is 0 Å². The van der Waals surface area contributed by atoms with Crippen LogP contribution in [0.1, 0.15) is 69.9 Å². The van der Waals surface area contributed by atoms with E-state index in [4.69, 9.17) is 0 Å². The maximum atomic E-state index is 12.4. The second kappa shape index (κ2) is 10.4. The first kappa shape index (κ1) is 24.5. The van der Waals surface area contributed by atoms with Crippen molar-refractivity contribution in [3.05, 3.63) is 107 Å². The number of hydrogen-bond acceptors (Lipinski definition) is 2. The van der Waals surface area contributed by atoms with Gasteiger partial charge in [0.1, 0.15) is 0 Å². The van der Waals surface area contributed by atoms with Crippen LogP contribution in [0.5, 0.6) is 0 Å². The van der Waals surface area contributed by atoms with Crippen LogP contribution >= 0.6 is 0 Å². The minimum atomic E-state index is -1.01. The number of aromatic carboxylic acids is 2. The molecule has 0 saturated heterocycles. The Morgan fingerprint density at radius 1 is 0.649 bits per heavy atom. The van der Waals surface area contributed by atoms with E-state index in [1.54, 1.807) is 24.3 Å². The van der Waals surface area contributed by atoms with Crippen LogP contribution in [0, 0.1) is 6.92 Å². The van der Waals surface area contributed by atoms with Crippen LogP contribution in [0.3, 0.4) is 0 Å². The maximum absolute atomic E-state index is 12.4. The van der Waals surface area contributed by atoms with Gasteiger partial charge in [-0.05, 0) is 82.3 Å². The van der Waals surface area contributed by atoms with E-state index in [-0.39, 0.29) is 11.1 Å². The first-order valence-electron chi connectivity index (χ1n) is 12.9. The van der Waals surface area contributed by atoms with Crippen molar-refractivity contribution >= 4 is 11.9 Å². The summed E-state index contributed by atoms with van der Waals surface area (Å²) in [6.45, 7) is 2.02. The van der Waals surface area contributed by atoms with Gasteiger partial charge in [0, 0.05) is 0 Å². The maximum Gasteiger partial charge on any atom is 0.336 e. The van der Waals surface area contributed by atoms with E-state index < -0.39 is 11.9 Å². The molecule has 0 bridgehead atoms.